The standard InChI is InChI=1S/C25H26N2O4S/c1-18-7-13-22(14-8-18)32(29,30)27-16-15-19-5-3-4-6-23(19)24(27)17-25(28)26-20-9-11-21(31-2)12-10-20/h3-14,24H,15-17H2,1-2H3,(H,26,28). The highest BCUT2D eigenvalue weighted by atomic mass is 32.2. The number of amides is 1. The molecule has 0 saturated heterocycles. The van der Waals surface area contributed by atoms with Crippen molar-refractivity contribution in [3.8, 4) is 5.75 Å². The number of ether oxygens (including phenoxy) is 1. The van der Waals surface area contributed by atoms with E-state index in [1.165, 1.54) is 4.31 Å². The highest BCUT2D eigenvalue weighted by Gasteiger charge is 2.37. The van der Waals surface area contributed by atoms with Gasteiger partial charge in [0.25, 0.3) is 0 Å². The van der Waals surface area contributed by atoms with Crippen LogP contribution in [0.15, 0.2) is 77.7 Å². The number of sulfonamides is 1. The molecular weight excluding hydrogens is 424 g/mol. The molecule has 6 nitrogen and oxygen atoms in total. The summed E-state index contributed by atoms with van der Waals surface area (Å²) in [4.78, 5) is 13.2. The second-order valence-corrected chi connectivity index (χ2v) is 9.76. The Hall–Kier alpha value is -3.16. The maximum absolute atomic E-state index is 13.5. The molecule has 3 aromatic rings. The van der Waals surface area contributed by atoms with Crippen LogP contribution in [-0.2, 0) is 21.2 Å². The van der Waals surface area contributed by atoms with Crippen molar-refractivity contribution in [3.63, 3.8) is 0 Å². The van der Waals surface area contributed by atoms with Crippen molar-refractivity contribution in [1.82, 2.24) is 4.31 Å². The zero-order valence-corrected chi connectivity index (χ0v) is 18.9. The normalized spacial score (nSPS) is 16.2. The van der Waals surface area contributed by atoms with Gasteiger partial charge in [-0.05, 0) is 60.9 Å². The van der Waals surface area contributed by atoms with Gasteiger partial charge >= 0.3 is 0 Å². The van der Waals surface area contributed by atoms with E-state index in [-0.39, 0.29) is 17.2 Å². The van der Waals surface area contributed by atoms with E-state index in [4.69, 9.17) is 4.74 Å². The topological polar surface area (TPSA) is 75.7 Å². The fourth-order valence-electron chi connectivity index (χ4n) is 4.04. The van der Waals surface area contributed by atoms with Gasteiger partial charge in [0, 0.05) is 18.7 Å². The molecule has 4 rings (SSSR count). The Morgan fingerprint density at radius 1 is 1.03 bits per heavy atom. The summed E-state index contributed by atoms with van der Waals surface area (Å²) >= 11 is 0. The third kappa shape index (κ3) is 4.54. The number of fused-ring (bicyclic) bond motifs is 1. The van der Waals surface area contributed by atoms with Gasteiger partial charge in [0.15, 0.2) is 0 Å². The fraction of sp³-hybridized carbons (Fsp3) is 0.240. The van der Waals surface area contributed by atoms with Crippen LogP contribution in [0.1, 0.15) is 29.2 Å². The molecule has 1 heterocycles. The quantitative estimate of drug-likeness (QED) is 0.607. The summed E-state index contributed by atoms with van der Waals surface area (Å²) in [6, 6.07) is 21.0. The van der Waals surface area contributed by atoms with Crippen LogP contribution in [0.2, 0.25) is 0 Å². The van der Waals surface area contributed by atoms with Gasteiger partial charge in [0.05, 0.1) is 18.0 Å². The van der Waals surface area contributed by atoms with Gasteiger partial charge in [-0.15, -0.1) is 0 Å². The first-order valence-corrected chi connectivity index (χ1v) is 11.9. The zero-order valence-electron chi connectivity index (χ0n) is 18.1. The highest BCUT2D eigenvalue weighted by Crippen LogP contribution is 2.36. The first kappa shape index (κ1) is 22.0. The third-order valence-electron chi connectivity index (χ3n) is 5.74. The molecule has 0 bridgehead atoms. The smallest absolute Gasteiger partial charge is 0.243 e. The number of hydrogen-bond acceptors (Lipinski definition) is 4. The van der Waals surface area contributed by atoms with Gasteiger partial charge in [0.2, 0.25) is 15.9 Å². The molecule has 1 amide bonds. The molecule has 1 unspecified atom stereocenters. The Bertz CT molecular complexity index is 1210. The lowest BCUT2D eigenvalue weighted by Crippen LogP contribution is -2.41. The van der Waals surface area contributed by atoms with E-state index in [0.29, 0.717) is 24.4 Å². The van der Waals surface area contributed by atoms with Gasteiger partial charge in [-0.25, -0.2) is 8.42 Å². The van der Waals surface area contributed by atoms with E-state index in [1.54, 1.807) is 55.6 Å². The number of carbonyl (C=O) groups excluding carboxylic acids is 1. The molecule has 0 aromatic heterocycles. The monoisotopic (exact) mass is 450 g/mol. The highest BCUT2D eigenvalue weighted by molar-refractivity contribution is 7.89. The minimum Gasteiger partial charge on any atom is -0.497 e. The van der Waals surface area contributed by atoms with Gasteiger partial charge < -0.3 is 10.1 Å². The SMILES string of the molecule is COc1ccc(NC(=O)CC2c3ccccc3CCN2S(=O)(=O)c2ccc(C)cc2)cc1. The van der Waals surface area contributed by atoms with Gasteiger partial charge in [-0.2, -0.15) is 4.31 Å². The van der Waals surface area contributed by atoms with E-state index in [0.717, 1.165) is 16.7 Å². The van der Waals surface area contributed by atoms with Crippen LogP contribution < -0.4 is 10.1 Å². The average molecular weight is 451 g/mol. The van der Waals surface area contributed by atoms with Crippen LogP contribution in [0, 0.1) is 6.92 Å². The minimum atomic E-state index is -3.76. The summed E-state index contributed by atoms with van der Waals surface area (Å²) in [5.41, 5.74) is 3.57. The number of nitrogens with zero attached hydrogens (tertiary/aromatic N) is 1. The summed E-state index contributed by atoms with van der Waals surface area (Å²) in [5.74, 6) is 0.445. The van der Waals surface area contributed by atoms with Gasteiger partial charge in [-0.1, -0.05) is 42.0 Å². The Morgan fingerprint density at radius 3 is 2.41 bits per heavy atom. The maximum Gasteiger partial charge on any atom is 0.243 e. The lowest BCUT2D eigenvalue weighted by atomic mass is 9.92. The number of anilines is 1. The van der Waals surface area contributed by atoms with Crippen LogP contribution in [0.3, 0.4) is 0 Å². The molecule has 0 fully saturated rings. The second kappa shape index (κ2) is 9.14. The van der Waals surface area contributed by atoms with E-state index in [2.05, 4.69) is 5.32 Å². The Kier molecular flexibility index (Phi) is 6.30. The van der Waals surface area contributed by atoms with Crippen LogP contribution in [-0.4, -0.2) is 32.3 Å². The van der Waals surface area contributed by atoms with Crippen molar-refractivity contribution < 1.29 is 17.9 Å². The molecule has 1 atom stereocenters. The number of carbonyl (C=O) groups is 1. The summed E-state index contributed by atoms with van der Waals surface area (Å²) in [6.07, 6.45) is 0.631. The molecule has 0 radical (unpaired) electrons. The molecule has 1 N–H and O–H groups in total. The predicted octanol–water partition coefficient (Wildman–Crippen LogP) is 4.32. The Balaban J connectivity index is 1.63. The van der Waals surface area contributed by atoms with Gasteiger partial charge in [0.1, 0.15) is 5.75 Å². The number of rotatable bonds is 6. The van der Waals surface area contributed by atoms with Crippen molar-refractivity contribution in [2.45, 2.75) is 30.7 Å². The van der Waals surface area contributed by atoms with Gasteiger partial charge in [-0.3, -0.25) is 4.79 Å². The van der Waals surface area contributed by atoms with Crippen molar-refractivity contribution in [2.24, 2.45) is 0 Å². The molecule has 3 aromatic carbocycles. The van der Waals surface area contributed by atoms with E-state index in [9.17, 15) is 13.2 Å². The first-order valence-electron chi connectivity index (χ1n) is 10.5. The van der Waals surface area contributed by atoms with E-state index >= 15 is 0 Å². The van der Waals surface area contributed by atoms with Crippen LogP contribution >= 0.6 is 0 Å². The molecule has 1 aliphatic rings. The summed E-state index contributed by atoms with van der Waals surface area (Å²) in [5, 5.41) is 2.87. The molecule has 166 valence electrons. The molecular formula is C25H26N2O4S. The molecule has 7 heteroatoms. The Morgan fingerprint density at radius 2 is 1.72 bits per heavy atom. The number of hydrogen-bond donors (Lipinski definition) is 1. The number of methoxy groups -OCH3 is 1. The lowest BCUT2D eigenvalue weighted by molar-refractivity contribution is -0.117. The summed E-state index contributed by atoms with van der Waals surface area (Å²) in [7, 11) is -2.18. The molecule has 32 heavy (non-hydrogen) atoms. The van der Waals surface area contributed by atoms with Crippen LogP contribution in [0.4, 0.5) is 5.69 Å². The fourth-order valence-corrected chi connectivity index (χ4v) is 5.64. The average Bonchev–Trinajstić information content (AvgIpc) is 2.80. The van der Waals surface area contributed by atoms with Crippen LogP contribution in [0.25, 0.3) is 0 Å². The van der Waals surface area contributed by atoms with Crippen molar-refractivity contribution in [2.75, 3.05) is 19.0 Å². The molecule has 0 spiro atoms. The van der Waals surface area contributed by atoms with E-state index < -0.39 is 16.1 Å². The largest absolute Gasteiger partial charge is 0.497 e. The molecule has 1 aliphatic heterocycles. The minimum absolute atomic E-state index is 0.0220. The van der Waals surface area contributed by atoms with Crippen LogP contribution in [0.5, 0.6) is 5.75 Å². The summed E-state index contributed by atoms with van der Waals surface area (Å²) in [6.45, 7) is 2.24. The molecule has 0 saturated carbocycles. The third-order valence-corrected chi connectivity index (χ3v) is 7.67. The lowest BCUT2D eigenvalue weighted by Gasteiger charge is -2.36. The van der Waals surface area contributed by atoms with Crippen molar-refractivity contribution >= 4 is 21.6 Å². The van der Waals surface area contributed by atoms with Crippen molar-refractivity contribution in [1.29, 1.82) is 0 Å². The maximum atomic E-state index is 13.5. The zero-order chi connectivity index (χ0) is 22.7. The predicted molar refractivity (Wildman–Crippen MR) is 124 cm³/mol. The Labute approximate surface area is 188 Å². The number of nitrogens with one attached hydrogen (secondary N) is 1. The van der Waals surface area contributed by atoms with Crippen molar-refractivity contribution in [3.05, 3.63) is 89.5 Å². The first-order chi connectivity index (χ1) is 15.4. The second-order valence-electron chi connectivity index (χ2n) is 7.87. The number of benzene rings is 3. The number of aryl methyl sites for hydroxylation is 1. The summed E-state index contributed by atoms with van der Waals surface area (Å²) < 4.78 is 33.6. The molecule has 0 aliphatic carbocycles. The van der Waals surface area contributed by atoms with E-state index in [1.807, 2.05) is 31.2 Å².